The Balaban J connectivity index is 1.91. The minimum absolute atomic E-state index is 0.0478. The Hall–Kier alpha value is -2.76. The molecule has 2 rings (SSSR count). The summed E-state index contributed by atoms with van der Waals surface area (Å²) in [7, 11) is 1.55. The highest BCUT2D eigenvalue weighted by atomic mass is 16.5. The van der Waals surface area contributed by atoms with E-state index in [2.05, 4.69) is 17.4 Å². The Morgan fingerprint density at radius 3 is 2.74 bits per heavy atom. The van der Waals surface area contributed by atoms with Crippen molar-refractivity contribution < 1.29 is 19.1 Å². The molecule has 1 aliphatic carbocycles. The van der Waals surface area contributed by atoms with Crippen LogP contribution in [0.5, 0.6) is 11.5 Å². The number of hydrazine groups is 1. The second-order valence-electron chi connectivity index (χ2n) is 5.10. The van der Waals surface area contributed by atoms with E-state index in [1.807, 2.05) is 0 Å². The van der Waals surface area contributed by atoms with E-state index in [0.29, 0.717) is 18.1 Å². The van der Waals surface area contributed by atoms with Crippen LogP contribution in [0.25, 0.3) is 6.08 Å². The van der Waals surface area contributed by atoms with Crippen LogP contribution in [-0.4, -0.2) is 25.5 Å². The number of nitrogens with one attached hydrogen (secondary N) is 2. The first-order valence-electron chi connectivity index (χ1n) is 7.33. The fourth-order valence-corrected chi connectivity index (χ4v) is 1.84. The zero-order valence-corrected chi connectivity index (χ0v) is 13.0. The first-order valence-corrected chi connectivity index (χ1v) is 7.33. The van der Waals surface area contributed by atoms with Crippen molar-refractivity contribution in [1.29, 1.82) is 0 Å². The number of methoxy groups -OCH3 is 1. The van der Waals surface area contributed by atoms with Crippen molar-refractivity contribution in [3.05, 3.63) is 42.5 Å². The molecule has 2 amide bonds. The van der Waals surface area contributed by atoms with E-state index in [-0.39, 0.29) is 11.8 Å². The van der Waals surface area contributed by atoms with Gasteiger partial charge in [-0.3, -0.25) is 20.4 Å². The van der Waals surface area contributed by atoms with Crippen molar-refractivity contribution in [3.63, 3.8) is 0 Å². The molecule has 1 aromatic carbocycles. The highest BCUT2D eigenvalue weighted by molar-refractivity contribution is 5.93. The third kappa shape index (κ3) is 5.18. The summed E-state index contributed by atoms with van der Waals surface area (Å²) >= 11 is 0. The molecular formula is C17H20N2O4. The van der Waals surface area contributed by atoms with Gasteiger partial charge in [0.1, 0.15) is 6.61 Å². The lowest BCUT2D eigenvalue weighted by atomic mass is 10.2. The van der Waals surface area contributed by atoms with Crippen molar-refractivity contribution in [2.45, 2.75) is 12.8 Å². The molecule has 0 spiro atoms. The average molecular weight is 316 g/mol. The Bertz CT molecular complexity index is 621. The molecule has 1 fully saturated rings. The van der Waals surface area contributed by atoms with Crippen LogP contribution in [0.1, 0.15) is 18.4 Å². The molecule has 23 heavy (non-hydrogen) atoms. The fourth-order valence-electron chi connectivity index (χ4n) is 1.84. The van der Waals surface area contributed by atoms with E-state index >= 15 is 0 Å². The number of carbonyl (C=O) groups is 2. The molecule has 122 valence electrons. The summed E-state index contributed by atoms with van der Waals surface area (Å²) in [5.74, 6) is 0.677. The molecule has 0 radical (unpaired) electrons. The van der Waals surface area contributed by atoms with Crippen molar-refractivity contribution >= 4 is 17.9 Å². The van der Waals surface area contributed by atoms with E-state index in [9.17, 15) is 9.59 Å². The molecule has 0 bridgehead atoms. The molecule has 1 aliphatic rings. The molecule has 0 unspecified atom stereocenters. The van der Waals surface area contributed by atoms with Gasteiger partial charge in [-0.2, -0.15) is 0 Å². The lowest BCUT2D eigenvalue weighted by Gasteiger charge is -2.09. The maximum atomic E-state index is 11.6. The van der Waals surface area contributed by atoms with Crippen LogP contribution in [0.3, 0.4) is 0 Å². The minimum Gasteiger partial charge on any atom is -0.493 e. The highest BCUT2D eigenvalue weighted by Crippen LogP contribution is 2.29. The van der Waals surface area contributed by atoms with E-state index in [0.717, 1.165) is 18.4 Å². The second-order valence-corrected chi connectivity index (χ2v) is 5.10. The fraction of sp³-hybridized carbons (Fsp3) is 0.294. The molecule has 2 N–H and O–H groups in total. The number of benzene rings is 1. The van der Waals surface area contributed by atoms with E-state index in [1.54, 1.807) is 37.5 Å². The summed E-state index contributed by atoms with van der Waals surface area (Å²) in [4.78, 5) is 23.1. The molecule has 1 saturated carbocycles. The Kier molecular flexibility index (Phi) is 5.80. The smallest absolute Gasteiger partial charge is 0.262 e. The van der Waals surface area contributed by atoms with Gasteiger partial charge in [-0.15, -0.1) is 0 Å². The molecule has 6 heteroatoms. The summed E-state index contributed by atoms with van der Waals surface area (Å²) in [6.07, 6.45) is 6.38. The highest BCUT2D eigenvalue weighted by Gasteiger charge is 2.29. The van der Waals surface area contributed by atoms with E-state index in [4.69, 9.17) is 9.47 Å². The first-order chi connectivity index (χ1) is 11.1. The molecule has 0 heterocycles. The van der Waals surface area contributed by atoms with Crippen LogP contribution in [0.4, 0.5) is 0 Å². The molecule has 0 atom stereocenters. The van der Waals surface area contributed by atoms with Gasteiger partial charge in [-0.05, 0) is 36.6 Å². The van der Waals surface area contributed by atoms with E-state index in [1.165, 1.54) is 6.08 Å². The number of rotatable bonds is 7. The first kappa shape index (κ1) is 16.6. The van der Waals surface area contributed by atoms with Gasteiger partial charge in [0, 0.05) is 12.0 Å². The second kappa shape index (κ2) is 8.03. The van der Waals surface area contributed by atoms with Crippen molar-refractivity contribution in [2.75, 3.05) is 13.7 Å². The maximum Gasteiger partial charge on any atom is 0.262 e. The van der Waals surface area contributed by atoms with Gasteiger partial charge in [-0.1, -0.05) is 18.7 Å². The molecule has 6 nitrogen and oxygen atoms in total. The Morgan fingerprint density at radius 2 is 2.09 bits per heavy atom. The summed E-state index contributed by atoms with van der Waals surface area (Å²) in [5.41, 5.74) is 5.52. The van der Waals surface area contributed by atoms with Gasteiger partial charge in [0.25, 0.3) is 5.91 Å². The summed E-state index contributed by atoms with van der Waals surface area (Å²) in [6.45, 7) is 3.97. The normalized spacial score (nSPS) is 13.4. The van der Waals surface area contributed by atoms with Crippen LogP contribution in [0.15, 0.2) is 36.9 Å². The molecular weight excluding hydrogens is 296 g/mol. The summed E-state index contributed by atoms with van der Waals surface area (Å²) in [5, 5.41) is 0. The Morgan fingerprint density at radius 1 is 1.30 bits per heavy atom. The molecule has 0 saturated heterocycles. The number of ether oxygens (including phenoxy) is 2. The van der Waals surface area contributed by atoms with Gasteiger partial charge < -0.3 is 9.47 Å². The topological polar surface area (TPSA) is 76.7 Å². The number of hydrogen-bond acceptors (Lipinski definition) is 4. The zero-order valence-electron chi connectivity index (χ0n) is 13.0. The van der Waals surface area contributed by atoms with Gasteiger partial charge in [0.2, 0.25) is 5.91 Å². The van der Waals surface area contributed by atoms with Crippen LogP contribution in [0, 0.1) is 5.92 Å². The van der Waals surface area contributed by atoms with Crippen LogP contribution < -0.4 is 20.3 Å². The number of amides is 2. The van der Waals surface area contributed by atoms with Gasteiger partial charge in [0.05, 0.1) is 7.11 Å². The lowest BCUT2D eigenvalue weighted by molar-refractivity contribution is -0.127. The van der Waals surface area contributed by atoms with Crippen molar-refractivity contribution in [2.24, 2.45) is 5.92 Å². The SMILES string of the molecule is C=CCOc1ccc(/C=C/C(=O)NNC(=O)C2CC2)cc1OC. The molecule has 0 aromatic heterocycles. The predicted molar refractivity (Wildman–Crippen MR) is 86.7 cm³/mol. The van der Waals surface area contributed by atoms with Crippen LogP contribution in [-0.2, 0) is 9.59 Å². The van der Waals surface area contributed by atoms with Crippen molar-refractivity contribution in [1.82, 2.24) is 10.9 Å². The Labute approximate surface area is 135 Å². The van der Waals surface area contributed by atoms with Crippen LogP contribution in [0.2, 0.25) is 0 Å². The lowest BCUT2D eigenvalue weighted by Crippen LogP contribution is -2.41. The summed E-state index contributed by atoms with van der Waals surface area (Å²) < 4.78 is 10.7. The quantitative estimate of drug-likeness (QED) is 0.457. The van der Waals surface area contributed by atoms with Crippen molar-refractivity contribution in [3.8, 4) is 11.5 Å². The third-order valence-corrected chi connectivity index (χ3v) is 3.23. The van der Waals surface area contributed by atoms with Crippen LogP contribution >= 0.6 is 0 Å². The number of carbonyl (C=O) groups excluding carboxylic acids is 2. The van der Waals surface area contributed by atoms with E-state index < -0.39 is 5.91 Å². The van der Waals surface area contributed by atoms with Gasteiger partial charge in [0.15, 0.2) is 11.5 Å². The third-order valence-electron chi connectivity index (χ3n) is 3.23. The zero-order chi connectivity index (χ0) is 16.7. The van der Waals surface area contributed by atoms with Gasteiger partial charge >= 0.3 is 0 Å². The average Bonchev–Trinajstić information content (AvgIpc) is 3.41. The largest absolute Gasteiger partial charge is 0.493 e. The predicted octanol–water partition coefficient (Wildman–Crippen LogP) is 1.83. The van der Waals surface area contributed by atoms with Gasteiger partial charge in [-0.25, -0.2) is 0 Å². The standard InChI is InChI=1S/C17H20N2O4/c1-3-10-23-14-8-4-12(11-15(14)22-2)5-9-16(20)18-19-17(21)13-6-7-13/h3-5,8-9,11,13H,1,6-7,10H2,2H3,(H,18,20)(H,19,21)/b9-5+. The number of hydrogen-bond donors (Lipinski definition) is 2. The summed E-state index contributed by atoms with van der Waals surface area (Å²) in [6, 6.07) is 5.31. The monoisotopic (exact) mass is 316 g/mol. The molecule has 1 aromatic rings. The molecule has 0 aliphatic heterocycles. The minimum atomic E-state index is -0.398. The maximum absolute atomic E-state index is 11.6.